The first-order chi connectivity index (χ1) is 13.9. The number of carbonyl (C=O) groups is 1. The number of rotatable bonds is 8. The van der Waals surface area contributed by atoms with E-state index in [1.165, 1.54) is 4.31 Å². The smallest absolute Gasteiger partial charge is 0.243 e. The van der Waals surface area contributed by atoms with Gasteiger partial charge in [-0.3, -0.25) is 9.78 Å². The summed E-state index contributed by atoms with van der Waals surface area (Å²) in [4.78, 5) is 16.9. The van der Waals surface area contributed by atoms with Crippen LogP contribution >= 0.6 is 0 Å². The van der Waals surface area contributed by atoms with Crippen LogP contribution in [0.4, 0.5) is 5.69 Å². The summed E-state index contributed by atoms with van der Waals surface area (Å²) < 4.78 is 26.5. The molecule has 0 saturated carbocycles. The number of sulfonamides is 1. The third-order valence-electron chi connectivity index (χ3n) is 4.78. The second kappa shape index (κ2) is 9.15. The van der Waals surface area contributed by atoms with E-state index in [2.05, 4.69) is 10.3 Å². The van der Waals surface area contributed by atoms with Crippen LogP contribution in [0.3, 0.4) is 0 Å². The van der Waals surface area contributed by atoms with Crippen molar-refractivity contribution in [3.8, 4) is 0 Å². The van der Waals surface area contributed by atoms with Crippen molar-refractivity contribution in [1.82, 2.24) is 9.29 Å². The van der Waals surface area contributed by atoms with Crippen LogP contribution in [0.1, 0.15) is 25.8 Å². The molecule has 0 atom stereocenters. The van der Waals surface area contributed by atoms with Crippen LogP contribution in [-0.2, 0) is 21.2 Å². The Labute approximate surface area is 171 Å². The third-order valence-corrected chi connectivity index (χ3v) is 6.85. The molecule has 0 aliphatic rings. The molecule has 0 radical (unpaired) electrons. The quantitative estimate of drug-likeness (QED) is 0.611. The summed E-state index contributed by atoms with van der Waals surface area (Å²) in [5, 5.41) is 3.83. The van der Waals surface area contributed by atoms with Gasteiger partial charge in [0.25, 0.3) is 0 Å². The van der Waals surface area contributed by atoms with Crippen molar-refractivity contribution in [1.29, 1.82) is 0 Å². The molecule has 7 heteroatoms. The zero-order valence-electron chi connectivity index (χ0n) is 16.6. The summed E-state index contributed by atoms with van der Waals surface area (Å²) in [6.07, 6.45) is 2.47. The van der Waals surface area contributed by atoms with E-state index in [-0.39, 0.29) is 10.8 Å². The van der Waals surface area contributed by atoms with E-state index in [0.29, 0.717) is 31.6 Å². The van der Waals surface area contributed by atoms with E-state index >= 15 is 0 Å². The number of aromatic nitrogens is 1. The number of aryl methyl sites for hydroxylation is 1. The molecular weight excluding hydrogens is 386 g/mol. The van der Waals surface area contributed by atoms with E-state index in [4.69, 9.17) is 0 Å². The lowest BCUT2D eigenvalue weighted by Crippen LogP contribution is -2.30. The van der Waals surface area contributed by atoms with Crippen molar-refractivity contribution in [3.63, 3.8) is 0 Å². The number of amides is 1. The number of nitrogens with zero attached hydrogens (tertiary/aromatic N) is 2. The van der Waals surface area contributed by atoms with Gasteiger partial charge in [0, 0.05) is 24.9 Å². The Morgan fingerprint density at radius 2 is 1.72 bits per heavy atom. The van der Waals surface area contributed by atoms with Gasteiger partial charge in [-0.2, -0.15) is 4.31 Å². The molecule has 3 rings (SSSR count). The van der Waals surface area contributed by atoms with E-state index in [9.17, 15) is 13.2 Å². The highest BCUT2D eigenvalue weighted by atomic mass is 32.2. The average molecular weight is 412 g/mol. The molecule has 1 heterocycles. The number of anilines is 1. The van der Waals surface area contributed by atoms with Crippen molar-refractivity contribution >= 4 is 32.5 Å². The standard InChI is InChI=1S/C22H25N3O3S/c1-3-25(4-2)29(27,28)20-12-9-17(10-13-20)11-14-22(26)24-19-15-18-7-5-6-8-21(18)23-16-19/h5-10,12-13,15-16H,3-4,11,14H2,1-2H3,(H,24,26). The number of fused-ring (bicyclic) bond motifs is 1. The molecule has 0 spiro atoms. The van der Waals surface area contributed by atoms with Gasteiger partial charge in [0.05, 0.1) is 22.3 Å². The topological polar surface area (TPSA) is 79.4 Å². The second-order valence-corrected chi connectivity index (χ2v) is 8.64. The number of pyridine rings is 1. The predicted molar refractivity (Wildman–Crippen MR) is 115 cm³/mol. The van der Waals surface area contributed by atoms with Crippen molar-refractivity contribution < 1.29 is 13.2 Å². The zero-order chi connectivity index (χ0) is 20.9. The highest BCUT2D eigenvalue weighted by Gasteiger charge is 2.21. The Morgan fingerprint density at radius 1 is 1.03 bits per heavy atom. The van der Waals surface area contributed by atoms with E-state index in [0.717, 1.165) is 16.5 Å². The molecule has 6 nitrogen and oxygen atoms in total. The molecule has 152 valence electrons. The van der Waals surface area contributed by atoms with Gasteiger partial charge in [0.15, 0.2) is 0 Å². The van der Waals surface area contributed by atoms with Gasteiger partial charge in [-0.05, 0) is 36.2 Å². The molecule has 0 aliphatic carbocycles. The monoisotopic (exact) mass is 411 g/mol. The van der Waals surface area contributed by atoms with Gasteiger partial charge in [0.2, 0.25) is 15.9 Å². The van der Waals surface area contributed by atoms with E-state index < -0.39 is 10.0 Å². The third kappa shape index (κ3) is 4.99. The van der Waals surface area contributed by atoms with Gasteiger partial charge < -0.3 is 5.32 Å². The fourth-order valence-electron chi connectivity index (χ4n) is 3.16. The summed E-state index contributed by atoms with van der Waals surface area (Å²) in [6, 6.07) is 16.4. The largest absolute Gasteiger partial charge is 0.325 e. The minimum absolute atomic E-state index is 0.109. The molecule has 3 aromatic rings. The molecule has 0 aliphatic heterocycles. The van der Waals surface area contributed by atoms with Gasteiger partial charge >= 0.3 is 0 Å². The van der Waals surface area contributed by atoms with Gasteiger partial charge in [0.1, 0.15) is 0 Å². The normalized spacial score (nSPS) is 11.7. The molecule has 0 saturated heterocycles. The zero-order valence-corrected chi connectivity index (χ0v) is 17.4. The second-order valence-electron chi connectivity index (χ2n) is 6.70. The Morgan fingerprint density at radius 3 is 2.41 bits per heavy atom. The van der Waals surface area contributed by atoms with E-state index in [1.54, 1.807) is 30.5 Å². The molecule has 29 heavy (non-hydrogen) atoms. The Bertz CT molecular complexity index is 1090. The van der Waals surface area contributed by atoms with Crippen molar-refractivity contribution in [2.24, 2.45) is 0 Å². The van der Waals surface area contributed by atoms with Crippen LogP contribution in [0.5, 0.6) is 0 Å². The van der Waals surface area contributed by atoms with Crippen LogP contribution in [0.15, 0.2) is 65.7 Å². The first-order valence-electron chi connectivity index (χ1n) is 9.67. The summed E-state index contributed by atoms with van der Waals surface area (Å²) in [6.45, 7) is 4.51. The number of carbonyl (C=O) groups excluding carboxylic acids is 1. The summed E-state index contributed by atoms with van der Waals surface area (Å²) >= 11 is 0. The lowest BCUT2D eigenvalue weighted by atomic mass is 10.1. The van der Waals surface area contributed by atoms with Gasteiger partial charge in [-0.15, -0.1) is 0 Å². The van der Waals surface area contributed by atoms with Crippen LogP contribution < -0.4 is 5.32 Å². The van der Waals surface area contributed by atoms with Crippen LogP contribution in [-0.4, -0.2) is 36.7 Å². The maximum Gasteiger partial charge on any atom is 0.243 e. The SMILES string of the molecule is CCN(CC)S(=O)(=O)c1ccc(CCC(=O)Nc2cnc3ccccc3c2)cc1. The maximum absolute atomic E-state index is 12.5. The Balaban J connectivity index is 1.60. The summed E-state index contributed by atoms with van der Waals surface area (Å²) in [5.41, 5.74) is 2.45. The molecule has 1 amide bonds. The summed E-state index contributed by atoms with van der Waals surface area (Å²) in [7, 11) is -3.46. The van der Waals surface area contributed by atoms with Crippen molar-refractivity contribution in [3.05, 3.63) is 66.4 Å². The van der Waals surface area contributed by atoms with Crippen LogP contribution in [0.2, 0.25) is 0 Å². The predicted octanol–water partition coefficient (Wildman–Crippen LogP) is 3.84. The fourth-order valence-corrected chi connectivity index (χ4v) is 4.62. The lowest BCUT2D eigenvalue weighted by molar-refractivity contribution is -0.116. The number of benzene rings is 2. The summed E-state index contributed by atoms with van der Waals surface area (Å²) in [5.74, 6) is -0.109. The molecule has 0 bridgehead atoms. The minimum atomic E-state index is -3.46. The highest BCUT2D eigenvalue weighted by Crippen LogP contribution is 2.18. The molecular formula is C22H25N3O3S. The minimum Gasteiger partial charge on any atom is -0.325 e. The van der Waals surface area contributed by atoms with Gasteiger partial charge in [-0.25, -0.2) is 8.42 Å². The molecule has 0 fully saturated rings. The molecule has 2 aromatic carbocycles. The highest BCUT2D eigenvalue weighted by molar-refractivity contribution is 7.89. The van der Waals surface area contributed by atoms with Crippen molar-refractivity contribution in [2.45, 2.75) is 31.6 Å². The van der Waals surface area contributed by atoms with Crippen LogP contribution in [0.25, 0.3) is 10.9 Å². The molecule has 0 unspecified atom stereocenters. The first kappa shape index (κ1) is 21.0. The number of para-hydroxylation sites is 1. The fraction of sp³-hybridized carbons (Fsp3) is 0.273. The number of hydrogen-bond donors (Lipinski definition) is 1. The molecule has 1 aromatic heterocycles. The Kier molecular flexibility index (Phi) is 6.61. The number of nitrogens with one attached hydrogen (secondary N) is 1. The first-order valence-corrected chi connectivity index (χ1v) is 11.1. The lowest BCUT2D eigenvalue weighted by Gasteiger charge is -2.18. The van der Waals surface area contributed by atoms with Crippen LogP contribution in [0, 0.1) is 0 Å². The average Bonchev–Trinajstić information content (AvgIpc) is 2.73. The number of hydrogen-bond acceptors (Lipinski definition) is 4. The Hall–Kier alpha value is -2.77. The van der Waals surface area contributed by atoms with Crippen molar-refractivity contribution in [2.75, 3.05) is 18.4 Å². The maximum atomic E-state index is 12.5. The van der Waals surface area contributed by atoms with E-state index in [1.807, 2.05) is 44.2 Å². The van der Waals surface area contributed by atoms with Gasteiger partial charge in [-0.1, -0.05) is 44.2 Å². The molecule has 1 N–H and O–H groups in total.